The van der Waals surface area contributed by atoms with E-state index >= 15 is 0 Å². The van der Waals surface area contributed by atoms with E-state index in [0.717, 1.165) is 12.8 Å². The topological polar surface area (TPSA) is 61.9 Å². The first kappa shape index (κ1) is 11.0. The van der Waals surface area contributed by atoms with Gasteiger partial charge in [0.25, 0.3) is 0 Å². The molecule has 92 valence electrons. The van der Waals surface area contributed by atoms with Gasteiger partial charge in [-0.05, 0) is 12.8 Å². The maximum atomic E-state index is 12.1. The van der Waals surface area contributed by atoms with E-state index in [1.54, 1.807) is 17.1 Å². The van der Waals surface area contributed by atoms with Crippen LogP contribution in [0.25, 0.3) is 0 Å². The average molecular weight is 242 g/mol. The summed E-state index contributed by atoms with van der Waals surface area (Å²) < 4.78 is 1.79. The van der Waals surface area contributed by atoms with Crippen LogP contribution in [0.1, 0.15) is 24.4 Å². The lowest BCUT2D eigenvalue weighted by Gasteiger charge is -2.40. The summed E-state index contributed by atoms with van der Waals surface area (Å²) >= 11 is 0. The Morgan fingerprint density at radius 2 is 2.11 bits per heavy atom. The first-order valence-electron chi connectivity index (χ1n) is 6.16. The van der Waals surface area contributed by atoms with Crippen molar-refractivity contribution in [3.63, 3.8) is 0 Å². The Morgan fingerprint density at radius 3 is 2.72 bits per heavy atom. The molecule has 0 aromatic carbocycles. The van der Waals surface area contributed by atoms with Crippen LogP contribution in [0.15, 0.2) is 24.5 Å². The van der Waals surface area contributed by atoms with Crippen molar-refractivity contribution in [1.29, 1.82) is 5.26 Å². The van der Waals surface area contributed by atoms with Gasteiger partial charge in [0.05, 0.1) is 17.8 Å². The number of rotatable bonds is 2. The molecule has 0 saturated carbocycles. The maximum absolute atomic E-state index is 12.1. The van der Waals surface area contributed by atoms with Crippen molar-refractivity contribution in [3.05, 3.63) is 30.1 Å². The summed E-state index contributed by atoms with van der Waals surface area (Å²) in [7, 11) is 0. The number of likely N-dealkylation sites (tertiary alicyclic amines) is 1. The molecule has 5 nitrogen and oxygen atoms in total. The molecule has 0 atom stereocenters. The molecule has 1 fully saturated rings. The average Bonchev–Trinajstić information content (AvgIpc) is 2.98. The van der Waals surface area contributed by atoms with Crippen molar-refractivity contribution in [1.82, 2.24) is 14.7 Å². The summed E-state index contributed by atoms with van der Waals surface area (Å²) in [5.41, 5.74) is 0.569. The second kappa shape index (κ2) is 4.30. The lowest BCUT2D eigenvalue weighted by molar-refractivity contribution is -0.141. The molecular weight excluding hydrogens is 228 g/mol. The molecule has 1 aliphatic carbocycles. The fourth-order valence-electron chi connectivity index (χ4n) is 2.48. The quantitative estimate of drug-likeness (QED) is 0.730. The van der Waals surface area contributed by atoms with Gasteiger partial charge >= 0.3 is 0 Å². The van der Waals surface area contributed by atoms with Crippen molar-refractivity contribution < 1.29 is 4.79 Å². The molecule has 0 radical (unpaired) electrons. The lowest BCUT2D eigenvalue weighted by Crippen LogP contribution is -2.52. The van der Waals surface area contributed by atoms with Gasteiger partial charge in [-0.1, -0.05) is 12.2 Å². The number of allylic oxidation sites excluding steroid dienone is 2. The van der Waals surface area contributed by atoms with Gasteiger partial charge in [0, 0.05) is 25.2 Å². The standard InChI is InChI=1S/C13H14N4O/c14-5-10-6-15-17(7-10)12-8-16(9-12)13(18)11-3-1-2-4-11/h1-2,6-7,11-12H,3-4,8-9H2. The molecule has 5 heteroatoms. The summed E-state index contributed by atoms with van der Waals surface area (Å²) in [6.45, 7) is 1.42. The number of amides is 1. The van der Waals surface area contributed by atoms with Crippen LogP contribution in [0.5, 0.6) is 0 Å². The Kier molecular flexibility index (Phi) is 2.63. The molecule has 0 unspecified atom stereocenters. The number of hydrogen-bond donors (Lipinski definition) is 0. The fraction of sp³-hybridized carbons (Fsp3) is 0.462. The third-order valence-electron chi connectivity index (χ3n) is 3.64. The van der Waals surface area contributed by atoms with E-state index < -0.39 is 0 Å². The summed E-state index contributed by atoms with van der Waals surface area (Å²) in [4.78, 5) is 14.0. The normalized spacial score (nSPS) is 19.8. The predicted octanol–water partition coefficient (Wildman–Crippen LogP) is 1.10. The molecule has 2 heterocycles. The van der Waals surface area contributed by atoms with Crippen molar-refractivity contribution in [3.8, 4) is 6.07 Å². The molecule has 1 aromatic heterocycles. The predicted molar refractivity (Wildman–Crippen MR) is 64.4 cm³/mol. The molecular formula is C13H14N4O. The van der Waals surface area contributed by atoms with Crippen molar-refractivity contribution in [2.75, 3.05) is 13.1 Å². The second-order valence-corrected chi connectivity index (χ2v) is 4.86. The van der Waals surface area contributed by atoms with E-state index in [1.807, 2.05) is 4.90 Å². The minimum absolute atomic E-state index is 0.151. The van der Waals surface area contributed by atoms with E-state index in [4.69, 9.17) is 5.26 Å². The minimum atomic E-state index is 0.151. The SMILES string of the molecule is N#Cc1cnn(C2CN(C(=O)C3CC=CC3)C2)c1. The van der Waals surface area contributed by atoms with Gasteiger partial charge in [-0.2, -0.15) is 10.4 Å². The Hall–Kier alpha value is -2.09. The zero-order valence-electron chi connectivity index (χ0n) is 9.99. The van der Waals surface area contributed by atoms with Crippen LogP contribution in [0.2, 0.25) is 0 Å². The first-order valence-corrected chi connectivity index (χ1v) is 6.16. The Bertz CT molecular complexity index is 525. The van der Waals surface area contributed by atoms with Gasteiger partial charge in [0.15, 0.2) is 0 Å². The minimum Gasteiger partial charge on any atom is -0.338 e. The molecule has 0 spiro atoms. The van der Waals surface area contributed by atoms with Crippen LogP contribution in [0.3, 0.4) is 0 Å². The van der Waals surface area contributed by atoms with Gasteiger partial charge < -0.3 is 4.90 Å². The molecule has 1 amide bonds. The fourth-order valence-corrected chi connectivity index (χ4v) is 2.48. The largest absolute Gasteiger partial charge is 0.338 e. The van der Waals surface area contributed by atoms with Crippen LogP contribution in [0.4, 0.5) is 0 Å². The van der Waals surface area contributed by atoms with E-state index in [-0.39, 0.29) is 17.9 Å². The Morgan fingerprint density at radius 1 is 1.39 bits per heavy atom. The summed E-state index contributed by atoms with van der Waals surface area (Å²) in [5, 5.41) is 12.9. The molecule has 1 aromatic rings. The molecule has 18 heavy (non-hydrogen) atoms. The van der Waals surface area contributed by atoms with Crippen LogP contribution in [-0.4, -0.2) is 33.7 Å². The number of hydrogen-bond acceptors (Lipinski definition) is 3. The highest BCUT2D eigenvalue weighted by Crippen LogP contribution is 2.27. The Balaban J connectivity index is 1.56. The van der Waals surface area contributed by atoms with E-state index in [1.165, 1.54) is 0 Å². The number of nitriles is 1. The highest BCUT2D eigenvalue weighted by molar-refractivity contribution is 5.80. The van der Waals surface area contributed by atoms with Crippen LogP contribution in [0, 0.1) is 17.2 Å². The summed E-state index contributed by atoms with van der Waals surface area (Å²) in [6.07, 6.45) is 9.20. The highest BCUT2D eigenvalue weighted by Gasteiger charge is 2.35. The number of aromatic nitrogens is 2. The number of carbonyl (C=O) groups is 1. The molecule has 0 bridgehead atoms. The first-order chi connectivity index (χ1) is 8.78. The molecule has 0 N–H and O–H groups in total. The third-order valence-corrected chi connectivity index (χ3v) is 3.64. The number of nitrogens with zero attached hydrogens (tertiary/aromatic N) is 4. The zero-order chi connectivity index (χ0) is 12.5. The lowest BCUT2D eigenvalue weighted by atomic mass is 10.0. The van der Waals surface area contributed by atoms with Gasteiger partial charge in [0.1, 0.15) is 6.07 Å². The van der Waals surface area contributed by atoms with Crippen LogP contribution >= 0.6 is 0 Å². The zero-order valence-corrected chi connectivity index (χ0v) is 9.99. The molecule has 3 rings (SSSR count). The maximum Gasteiger partial charge on any atom is 0.226 e. The van der Waals surface area contributed by atoms with Gasteiger partial charge in [-0.25, -0.2) is 0 Å². The van der Waals surface area contributed by atoms with Gasteiger partial charge in [-0.3, -0.25) is 9.48 Å². The van der Waals surface area contributed by atoms with E-state index in [0.29, 0.717) is 18.7 Å². The van der Waals surface area contributed by atoms with Crippen molar-refractivity contribution in [2.45, 2.75) is 18.9 Å². The molecule has 1 aliphatic heterocycles. The van der Waals surface area contributed by atoms with Crippen LogP contribution in [-0.2, 0) is 4.79 Å². The smallest absolute Gasteiger partial charge is 0.226 e. The molecule has 1 saturated heterocycles. The van der Waals surface area contributed by atoms with E-state index in [2.05, 4.69) is 23.3 Å². The summed E-state index contributed by atoms with van der Waals surface area (Å²) in [6, 6.07) is 2.28. The van der Waals surface area contributed by atoms with Gasteiger partial charge in [0.2, 0.25) is 5.91 Å². The summed E-state index contributed by atoms with van der Waals surface area (Å²) in [5.74, 6) is 0.405. The molecule has 2 aliphatic rings. The van der Waals surface area contributed by atoms with Crippen LogP contribution < -0.4 is 0 Å². The number of carbonyl (C=O) groups excluding carboxylic acids is 1. The Labute approximate surface area is 105 Å². The highest BCUT2D eigenvalue weighted by atomic mass is 16.2. The van der Waals surface area contributed by atoms with Crippen molar-refractivity contribution in [2.24, 2.45) is 5.92 Å². The van der Waals surface area contributed by atoms with Gasteiger partial charge in [-0.15, -0.1) is 0 Å². The van der Waals surface area contributed by atoms with Crippen molar-refractivity contribution >= 4 is 5.91 Å². The van der Waals surface area contributed by atoms with E-state index in [9.17, 15) is 4.79 Å². The third kappa shape index (κ3) is 1.80. The second-order valence-electron chi connectivity index (χ2n) is 4.86. The monoisotopic (exact) mass is 242 g/mol.